The standard InChI is InChI=1S/C21H18F4N6O4/c1-33-19(32)17-14(12-2-4-13(5-3-12)35-21(23,24)25)10-16(29-30-17)27-18-15(22)11-26-20(28-18)31-6-8-34-9-7-31/h2-5,10-11H,6-9H2,1H3,(H,26,27,28,29). The Hall–Kier alpha value is -4.07. The van der Waals surface area contributed by atoms with Crippen molar-refractivity contribution in [1.82, 2.24) is 20.2 Å². The molecular formula is C21H18F4N6O4. The van der Waals surface area contributed by atoms with E-state index in [4.69, 9.17) is 9.47 Å². The second-order valence-electron chi connectivity index (χ2n) is 7.15. The predicted molar refractivity (Wildman–Crippen MR) is 114 cm³/mol. The molecule has 3 heterocycles. The molecule has 1 aliphatic rings. The normalized spacial score (nSPS) is 13.9. The minimum Gasteiger partial charge on any atom is -0.464 e. The molecule has 0 atom stereocenters. The van der Waals surface area contributed by atoms with Gasteiger partial charge in [0.1, 0.15) is 5.75 Å². The number of anilines is 3. The number of carbonyl (C=O) groups is 1. The van der Waals surface area contributed by atoms with E-state index in [0.717, 1.165) is 25.4 Å². The van der Waals surface area contributed by atoms with Gasteiger partial charge in [-0.2, -0.15) is 4.98 Å². The number of morpholine rings is 1. The van der Waals surface area contributed by atoms with Crippen molar-refractivity contribution in [3.8, 4) is 16.9 Å². The van der Waals surface area contributed by atoms with Gasteiger partial charge in [0, 0.05) is 18.7 Å². The number of esters is 1. The number of carbonyl (C=O) groups excluding carboxylic acids is 1. The third-order valence-electron chi connectivity index (χ3n) is 4.84. The third-order valence-corrected chi connectivity index (χ3v) is 4.84. The first kappa shape index (κ1) is 24.1. The molecule has 0 radical (unpaired) electrons. The zero-order chi connectivity index (χ0) is 25.0. The van der Waals surface area contributed by atoms with Crippen molar-refractivity contribution in [2.24, 2.45) is 0 Å². The van der Waals surface area contributed by atoms with E-state index in [0.29, 0.717) is 31.9 Å². The van der Waals surface area contributed by atoms with Gasteiger partial charge in [-0.15, -0.1) is 23.4 Å². The summed E-state index contributed by atoms with van der Waals surface area (Å²) in [4.78, 5) is 22.2. The van der Waals surface area contributed by atoms with Crippen LogP contribution in [-0.4, -0.2) is 65.9 Å². The van der Waals surface area contributed by atoms with Crippen molar-refractivity contribution in [3.05, 3.63) is 48.0 Å². The number of benzene rings is 1. The Balaban J connectivity index is 1.65. The van der Waals surface area contributed by atoms with E-state index in [-0.39, 0.29) is 28.8 Å². The Morgan fingerprint density at radius 2 is 1.86 bits per heavy atom. The number of alkyl halides is 3. The van der Waals surface area contributed by atoms with Crippen LogP contribution >= 0.6 is 0 Å². The van der Waals surface area contributed by atoms with Gasteiger partial charge >= 0.3 is 12.3 Å². The number of nitrogens with one attached hydrogen (secondary N) is 1. The number of ether oxygens (including phenoxy) is 3. The highest BCUT2D eigenvalue weighted by atomic mass is 19.4. The predicted octanol–water partition coefficient (Wildman–Crippen LogP) is 3.34. The molecular weight excluding hydrogens is 476 g/mol. The first-order valence-electron chi connectivity index (χ1n) is 10.2. The van der Waals surface area contributed by atoms with Gasteiger partial charge in [0.05, 0.1) is 26.5 Å². The van der Waals surface area contributed by atoms with Crippen LogP contribution in [0.25, 0.3) is 11.1 Å². The van der Waals surface area contributed by atoms with Gasteiger partial charge in [-0.1, -0.05) is 12.1 Å². The van der Waals surface area contributed by atoms with Crippen LogP contribution in [0.5, 0.6) is 5.75 Å². The number of methoxy groups -OCH3 is 1. The van der Waals surface area contributed by atoms with Crippen LogP contribution in [0, 0.1) is 5.82 Å². The fourth-order valence-corrected chi connectivity index (χ4v) is 3.24. The largest absolute Gasteiger partial charge is 0.573 e. The van der Waals surface area contributed by atoms with E-state index in [2.05, 4.69) is 30.2 Å². The quantitative estimate of drug-likeness (QED) is 0.405. The van der Waals surface area contributed by atoms with Crippen molar-refractivity contribution < 1.29 is 36.6 Å². The van der Waals surface area contributed by atoms with Gasteiger partial charge in [0.15, 0.2) is 23.1 Å². The summed E-state index contributed by atoms with van der Waals surface area (Å²) >= 11 is 0. The van der Waals surface area contributed by atoms with Crippen LogP contribution in [0.2, 0.25) is 0 Å². The molecule has 10 nitrogen and oxygen atoms in total. The van der Waals surface area contributed by atoms with E-state index in [1.165, 1.54) is 18.2 Å². The maximum absolute atomic E-state index is 14.4. The van der Waals surface area contributed by atoms with Gasteiger partial charge in [-0.3, -0.25) is 0 Å². The Morgan fingerprint density at radius 1 is 1.14 bits per heavy atom. The number of hydrogen-bond donors (Lipinski definition) is 1. The van der Waals surface area contributed by atoms with Crippen LogP contribution in [0.3, 0.4) is 0 Å². The minimum absolute atomic E-state index is 0.0220. The van der Waals surface area contributed by atoms with Crippen molar-refractivity contribution >= 4 is 23.6 Å². The fraction of sp³-hybridized carbons (Fsp3) is 0.286. The number of nitrogens with zero attached hydrogens (tertiary/aromatic N) is 5. The molecule has 0 spiro atoms. The Bertz CT molecular complexity index is 1200. The summed E-state index contributed by atoms with van der Waals surface area (Å²) in [7, 11) is 1.14. The number of rotatable bonds is 6. The fourth-order valence-electron chi connectivity index (χ4n) is 3.24. The van der Waals surface area contributed by atoms with Crippen molar-refractivity contribution in [1.29, 1.82) is 0 Å². The maximum Gasteiger partial charge on any atom is 0.573 e. The molecule has 1 saturated heterocycles. The van der Waals surface area contributed by atoms with E-state index in [1.54, 1.807) is 0 Å². The average Bonchev–Trinajstić information content (AvgIpc) is 2.85. The first-order chi connectivity index (χ1) is 16.7. The molecule has 0 bridgehead atoms. The Kier molecular flexibility index (Phi) is 6.91. The highest BCUT2D eigenvalue weighted by molar-refractivity contribution is 5.95. The van der Waals surface area contributed by atoms with Crippen molar-refractivity contribution in [2.45, 2.75) is 6.36 Å². The van der Waals surface area contributed by atoms with Crippen LogP contribution in [0.4, 0.5) is 35.1 Å². The summed E-state index contributed by atoms with van der Waals surface area (Å²) in [6.07, 6.45) is -3.84. The van der Waals surface area contributed by atoms with Gasteiger partial charge in [-0.25, -0.2) is 14.2 Å². The van der Waals surface area contributed by atoms with E-state index in [9.17, 15) is 22.4 Å². The summed E-state index contributed by atoms with van der Waals surface area (Å²) in [6.45, 7) is 2.05. The molecule has 4 rings (SSSR count). The van der Waals surface area contributed by atoms with Gasteiger partial charge in [0.2, 0.25) is 5.95 Å². The maximum atomic E-state index is 14.4. The van der Waals surface area contributed by atoms with E-state index < -0.39 is 23.9 Å². The van der Waals surface area contributed by atoms with Crippen molar-refractivity contribution in [2.75, 3.05) is 43.6 Å². The smallest absolute Gasteiger partial charge is 0.464 e. The zero-order valence-electron chi connectivity index (χ0n) is 18.2. The summed E-state index contributed by atoms with van der Waals surface area (Å²) in [5, 5.41) is 10.4. The summed E-state index contributed by atoms with van der Waals surface area (Å²) in [5.74, 6) is -1.89. The molecule has 1 aliphatic heterocycles. The molecule has 3 aromatic rings. The highest BCUT2D eigenvalue weighted by Gasteiger charge is 2.31. The minimum atomic E-state index is -4.85. The molecule has 1 aromatic carbocycles. The molecule has 0 unspecified atom stereocenters. The average molecular weight is 494 g/mol. The molecule has 184 valence electrons. The zero-order valence-corrected chi connectivity index (χ0v) is 18.2. The molecule has 2 aromatic heterocycles. The van der Waals surface area contributed by atoms with Crippen LogP contribution in [0.1, 0.15) is 10.5 Å². The van der Waals surface area contributed by atoms with Gasteiger partial charge < -0.3 is 24.4 Å². The molecule has 0 aliphatic carbocycles. The lowest BCUT2D eigenvalue weighted by molar-refractivity contribution is -0.274. The van der Waals surface area contributed by atoms with Crippen LogP contribution in [0.15, 0.2) is 36.5 Å². The second-order valence-corrected chi connectivity index (χ2v) is 7.15. The molecule has 1 fully saturated rings. The summed E-state index contributed by atoms with van der Waals surface area (Å²) in [5.41, 5.74) is 0.297. The number of halogens is 4. The highest BCUT2D eigenvalue weighted by Crippen LogP contribution is 2.30. The second kappa shape index (κ2) is 10.0. The lowest BCUT2D eigenvalue weighted by Gasteiger charge is -2.26. The summed E-state index contributed by atoms with van der Waals surface area (Å²) in [6, 6.07) is 6.13. The van der Waals surface area contributed by atoms with Crippen molar-refractivity contribution in [3.63, 3.8) is 0 Å². The number of aromatic nitrogens is 4. The Labute approximate surface area is 195 Å². The van der Waals surface area contributed by atoms with Gasteiger partial charge in [-0.05, 0) is 23.8 Å². The molecule has 14 heteroatoms. The molecule has 35 heavy (non-hydrogen) atoms. The number of hydrogen-bond acceptors (Lipinski definition) is 10. The first-order valence-corrected chi connectivity index (χ1v) is 10.2. The molecule has 0 saturated carbocycles. The SMILES string of the molecule is COC(=O)c1nnc(Nc2nc(N3CCOCC3)ncc2F)cc1-c1ccc(OC(F)(F)F)cc1. The van der Waals surface area contributed by atoms with E-state index >= 15 is 0 Å². The molecule has 0 amide bonds. The summed E-state index contributed by atoms with van der Waals surface area (Å²) < 4.78 is 65.7. The van der Waals surface area contributed by atoms with Crippen LogP contribution < -0.4 is 15.0 Å². The van der Waals surface area contributed by atoms with Gasteiger partial charge in [0.25, 0.3) is 0 Å². The lowest BCUT2D eigenvalue weighted by atomic mass is 10.0. The Morgan fingerprint density at radius 3 is 2.51 bits per heavy atom. The topological polar surface area (TPSA) is 112 Å². The molecule has 1 N–H and O–H groups in total. The third kappa shape index (κ3) is 5.90. The monoisotopic (exact) mass is 494 g/mol. The van der Waals surface area contributed by atoms with Crippen LogP contribution in [-0.2, 0) is 9.47 Å². The lowest BCUT2D eigenvalue weighted by Crippen LogP contribution is -2.37. The van der Waals surface area contributed by atoms with E-state index in [1.807, 2.05) is 4.90 Å².